The number of pyridine rings is 1. The molecule has 0 atom stereocenters. The molecule has 2 aromatic rings. The van der Waals surface area contributed by atoms with Gasteiger partial charge in [-0.3, -0.25) is 4.98 Å². The highest BCUT2D eigenvalue weighted by Crippen LogP contribution is 2.23. The smallest absolute Gasteiger partial charge is 0.161 e. The number of halogens is 1. The average molecular weight is 291 g/mol. The van der Waals surface area contributed by atoms with Crippen molar-refractivity contribution in [3.8, 4) is 11.4 Å². The second-order valence-corrected chi connectivity index (χ2v) is 4.97. The summed E-state index contributed by atoms with van der Waals surface area (Å²) in [6.07, 6.45) is 3.54. The van der Waals surface area contributed by atoms with E-state index < -0.39 is 0 Å². The van der Waals surface area contributed by atoms with Crippen LogP contribution in [0.1, 0.15) is 17.0 Å². The van der Waals surface area contributed by atoms with Crippen LogP contribution in [0.4, 0.5) is 0 Å². The summed E-state index contributed by atoms with van der Waals surface area (Å²) in [4.78, 5) is 13.3. The fraction of sp³-hybridized carbons (Fsp3) is 0.250. The van der Waals surface area contributed by atoms with Crippen LogP contribution < -0.4 is 5.32 Å². The Hall–Kier alpha value is -1.33. The molecule has 0 saturated heterocycles. The number of hydrogen-bond donors (Lipinski definition) is 1. The van der Waals surface area contributed by atoms with Gasteiger partial charge in [0.15, 0.2) is 5.82 Å². The van der Waals surface area contributed by atoms with Crippen molar-refractivity contribution in [2.45, 2.75) is 20.0 Å². The highest BCUT2D eigenvalue weighted by atomic mass is 79.9. The lowest BCUT2D eigenvalue weighted by Gasteiger charge is -2.06. The fourth-order valence-electron chi connectivity index (χ4n) is 2.00. The fourth-order valence-corrected chi connectivity index (χ4v) is 2.37. The Morgan fingerprint density at radius 3 is 2.94 bits per heavy atom. The highest BCUT2D eigenvalue weighted by molar-refractivity contribution is 9.10. The summed E-state index contributed by atoms with van der Waals surface area (Å²) < 4.78 is 0.940. The van der Waals surface area contributed by atoms with Crippen molar-refractivity contribution < 1.29 is 0 Å². The summed E-state index contributed by atoms with van der Waals surface area (Å²) in [6.45, 7) is 3.73. The number of rotatable bonds is 1. The SMILES string of the molecule is Cc1nc(-c2cncc(Br)c2)nc2c1CNC2. The van der Waals surface area contributed by atoms with E-state index in [1.54, 1.807) is 12.4 Å². The molecule has 3 heterocycles. The van der Waals surface area contributed by atoms with Gasteiger partial charge in [-0.05, 0) is 28.9 Å². The zero-order chi connectivity index (χ0) is 11.8. The Balaban J connectivity index is 2.13. The van der Waals surface area contributed by atoms with Crippen LogP contribution in [0.25, 0.3) is 11.4 Å². The van der Waals surface area contributed by atoms with Crippen LogP contribution in [0.3, 0.4) is 0 Å². The van der Waals surface area contributed by atoms with E-state index in [4.69, 9.17) is 0 Å². The minimum absolute atomic E-state index is 0.749. The van der Waals surface area contributed by atoms with Gasteiger partial charge in [-0.15, -0.1) is 0 Å². The lowest BCUT2D eigenvalue weighted by molar-refractivity contribution is 0.757. The molecule has 0 fully saturated rings. The molecule has 0 saturated carbocycles. The molecule has 1 N–H and O–H groups in total. The molecular formula is C12H11BrN4. The highest BCUT2D eigenvalue weighted by Gasteiger charge is 2.17. The predicted molar refractivity (Wildman–Crippen MR) is 68.2 cm³/mol. The molecule has 0 bridgehead atoms. The van der Waals surface area contributed by atoms with Crippen molar-refractivity contribution in [1.82, 2.24) is 20.3 Å². The van der Waals surface area contributed by atoms with E-state index in [2.05, 4.69) is 36.2 Å². The molecule has 0 spiro atoms. The van der Waals surface area contributed by atoms with Gasteiger partial charge in [0.2, 0.25) is 0 Å². The molecule has 2 aromatic heterocycles. The first-order valence-corrected chi connectivity index (χ1v) is 6.21. The van der Waals surface area contributed by atoms with E-state index in [9.17, 15) is 0 Å². The molecule has 5 heteroatoms. The second-order valence-electron chi connectivity index (χ2n) is 4.05. The first-order valence-electron chi connectivity index (χ1n) is 5.42. The summed E-state index contributed by atoms with van der Waals surface area (Å²) in [7, 11) is 0. The maximum Gasteiger partial charge on any atom is 0.161 e. The Kier molecular flexibility index (Phi) is 2.64. The van der Waals surface area contributed by atoms with Crippen LogP contribution in [-0.2, 0) is 13.1 Å². The Morgan fingerprint density at radius 1 is 1.24 bits per heavy atom. The minimum Gasteiger partial charge on any atom is -0.307 e. The Bertz CT molecular complexity index is 583. The lowest BCUT2D eigenvalue weighted by atomic mass is 10.2. The van der Waals surface area contributed by atoms with Crippen molar-refractivity contribution in [1.29, 1.82) is 0 Å². The third kappa shape index (κ3) is 1.96. The molecule has 86 valence electrons. The van der Waals surface area contributed by atoms with Gasteiger partial charge in [0.05, 0.1) is 5.69 Å². The van der Waals surface area contributed by atoms with Crippen LogP contribution in [0, 0.1) is 6.92 Å². The molecule has 17 heavy (non-hydrogen) atoms. The number of nitrogens with one attached hydrogen (secondary N) is 1. The van der Waals surface area contributed by atoms with Crippen molar-refractivity contribution >= 4 is 15.9 Å². The third-order valence-corrected chi connectivity index (χ3v) is 3.29. The maximum absolute atomic E-state index is 4.59. The van der Waals surface area contributed by atoms with Crippen molar-refractivity contribution in [3.05, 3.63) is 39.9 Å². The van der Waals surface area contributed by atoms with Gasteiger partial charge >= 0.3 is 0 Å². The van der Waals surface area contributed by atoms with Gasteiger partial charge < -0.3 is 5.32 Å². The van der Waals surface area contributed by atoms with Gasteiger partial charge in [0, 0.05) is 46.8 Å². The molecule has 3 rings (SSSR count). The van der Waals surface area contributed by atoms with Crippen LogP contribution in [0.15, 0.2) is 22.9 Å². The van der Waals surface area contributed by atoms with E-state index in [1.807, 2.05) is 13.0 Å². The molecule has 1 aliphatic rings. The largest absolute Gasteiger partial charge is 0.307 e. The van der Waals surface area contributed by atoms with Crippen LogP contribution >= 0.6 is 15.9 Å². The number of fused-ring (bicyclic) bond motifs is 1. The van der Waals surface area contributed by atoms with Crippen molar-refractivity contribution in [2.24, 2.45) is 0 Å². The van der Waals surface area contributed by atoms with Crippen molar-refractivity contribution in [3.63, 3.8) is 0 Å². The zero-order valence-electron chi connectivity index (χ0n) is 9.37. The summed E-state index contributed by atoms with van der Waals surface area (Å²) in [5.41, 5.74) is 4.33. The van der Waals surface area contributed by atoms with E-state index in [0.29, 0.717) is 0 Å². The van der Waals surface area contributed by atoms with Gasteiger partial charge in [0.25, 0.3) is 0 Å². The van der Waals surface area contributed by atoms with Crippen LogP contribution in [-0.4, -0.2) is 15.0 Å². The van der Waals surface area contributed by atoms with Crippen LogP contribution in [0.5, 0.6) is 0 Å². The number of hydrogen-bond acceptors (Lipinski definition) is 4. The summed E-state index contributed by atoms with van der Waals surface area (Å²) in [6, 6.07) is 1.98. The topological polar surface area (TPSA) is 50.7 Å². The molecule has 4 nitrogen and oxygen atoms in total. The summed E-state index contributed by atoms with van der Waals surface area (Å²) in [5, 5.41) is 3.29. The number of nitrogens with zero attached hydrogens (tertiary/aromatic N) is 3. The molecule has 0 amide bonds. The standard InChI is InChI=1S/C12H11BrN4/c1-7-10-5-15-6-11(10)17-12(16-7)8-2-9(13)4-14-3-8/h2-4,15H,5-6H2,1H3. The molecule has 0 unspecified atom stereocenters. The molecule has 0 aliphatic carbocycles. The van der Waals surface area contributed by atoms with E-state index in [1.165, 1.54) is 5.56 Å². The molecule has 0 radical (unpaired) electrons. The van der Waals surface area contributed by atoms with Crippen molar-refractivity contribution in [2.75, 3.05) is 0 Å². The van der Waals surface area contributed by atoms with Crippen LogP contribution in [0.2, 0.25) is 0 Å². The average Bonchev–Trinajstić information content (AvgIpc) is 2.77. The number of aromatic nitrogens is 3. The van der Waals surface area contributed by atoms with E-state index >= 15 is 0 Å². The zero-order valence-corrected chi connectivity index (χ0v) is 11.0. The van der Waals surface area contributed by atoms with E-state index in [-0.39, 0.29) is 0 Å². The van der Waals surface area contributed by atoms with Gasteiger partial charge in [0.1, 0.15) is 0 Å². The summed E-state index contributed by atoms with van der Waals surface area (Å²) in [5.74, 6) is 0.749. The molecular weight excluding hydrogens is 280 g/mol. The summed E-state index contributed by atoms with van der Waals surface area (Å²) >= 11 is 3.41. The number of aryl methyl sites for hydroxylation is 1. The first-order chi connectivity index (χ1) is 8.24. The lowest BCUT2D eigenvalue weighted by Crippen LogP contribution is -2.00. The normalized spacial score (nSPS) is 13.8. The van der Waals surface area contributed by atoms with Gasteiger partial charge in [-0.25, -0.2) is 9.97 Å². The molecule has 0 aromatic carbocycles. The van der Waals surface area contributed by atoms with Gasteiger partial charge in [-0.1, -0.05) is 0 Å². The first kappa shape index (κ1) is 10.8. The monoisotopic (exact) mass is 290 g/mol. The van der Waals surface area contributed by atoms with Gasteiger partial charge in [-0.2, -0.15) is 0 Å². The third-order valence-electron chi connectivity index (χ3n) is 2.86. The van der Waals surface area contributed by atoms with E-state index in [0.717, 1.165) is 40.3 Å². The second kappa shape index (κ2) is 4.16. The Labute approximate surface area is 108 Å². The predicted octanol–water partition coefficient (Wildman–Crippen LogP) is 2.21. The minimum atomic E-state index is 0.749. The maximum atomic E-state index is 4.59. The molecule has 1 aliphatic heterocycles. The Morgan fingerprint density at radius 2 is 2.12 bits per heavy atom. The quantitative estimate of drug-likeness (QED) is 0.875.